The third kappa shape index (κ3) is 7.84. The molecule has 46 heavy (non-hydrogen) atoms. The number of aryl methyl sites for hydroxylation is 4. The fourth-order valence-corrected chi connectivity index (χ4v) is 7.96. The molecule has 7 rings (SSSR count). The summed E-state index contributed by atoms with van der Waals surface area (Å²) in [6, 6.07) is 10.4. The van der Waals surface area contributed by atoms with Crippen LogP contribution >= 0.6 is 15.9 Å². The summed E-state index contributed by atoms with van der Waals surface area (Å²) < 4.78 is 15.3. The number of halogens is 1. The van der Waals surface area contributed by atoms with Gasteiger partial charge in [0.25, 0.3) is 5.56 Å². The molecule has 3 aromatic rings. The second-order valence-corrected chi connectivity index (χ2v) is 14.6. The van der Waals surface area contributed by atoms with Crippen LogP contribution in [-0.2, 0) is 42.3 Å². The maximum Gasteiger partial charge on any atom is 0.253 e. The minimum absolute atomic E-state index is 0.0287. The van der Waals surface area contributed by atoms with Crippen molar-refractivity contribution in [2.24, 2.45) is 7.05 Å². The molecule has 6 nitrogen and oxygen atoms in total. The molecule has 2 saturated carbocycles. The molecule has 4 aliphatic carbocycles. The van der Waals surface area contributed by atoms with Gasteiger partial charge in [0.15, 0.2) is 0 Å². The van der Waals surface area contributed by atoms with Crippen LogP contribution in [0.5, 0.6) is 11.5 Å². The lowest BCUT2D eigenvalue weighted by Gasteiger charge is -2.27. The monoisotopic (exact) mass is 687 g/mol. The largest absolute Gasteiger partial charge is 0.490 e. The molecule has 2 fully saturated rings. The molecule has 0 unspecified atom stereocenters. The number of aromatic nitrogens is 1. The normalized spacial score (nSPS) is 18.7. The molecular weight excluding hydrogens is 642 g/mol. The summed E-state index contributed by atoms with van der Waals surface area (Å²) in [4.78, 5) is 35.8. The number of Topliss-reactive ketones (excluding diaryl/α,β-unsaturated/α-hetero) is 2. The van der Waals surface area contributed by atoms with Gasteiger partial charge in [0.05, 0.1) is 12.2 Å². The lowest BCUT2D eigenvalue weighted by Crippen LogP contribution is -2.22. The Balaban J connectivity index is 0.000000172. The summed E-state index contributed by atoms with van der Waals surface area (Å²) >= 11 is 3.56. The van der Waals surface area contributed by atoms with Crippen LogP contribution in [0.2, 0.25) is 0 Å². The maximum atomic E-state index is 12.1. The highest BCUT2D eigenvalue weighted by molar-refractivity contribution is 9.10. The number of ketones is 2. The number of pyridine rings is 1. The van der Waals surface area contributed by atoms with Crippen LogP contribution in [0.1, 0.15) is 105 Å². The molecule has 0 amide bonds. The Kier molecular flexibility index (Phi) is 10.5. The Labute approximate surface area is 281 Å². The summed E-state index contributed by atoms with van der Waals surface area (Å²) in [6.45, 7) is 1.85. The van der Waals surface area contributed by atoms with Gasteiger partial charge in [-0.25, -0.2) is 0 Å². The second kappa shape index (κ2) is 14.7. The Bertz CT molecular complexity index is 1640. The van der Waals surface area contributed by atoms with E-state index in [2.05, 4.69) is 34.1 Å². The molecule has 0 N–H and O–H groups in total. The van der Waals surface area contributed by atoms with Crippen molar-refractivity contribution in [3.63, 3.8) is 0 Å². The first-order chi connectivity index (χ1) is 22.2. The number of nitrogens with zero attached hydrogens (tertiary/aromatic N) is 1. The molecule has 0 spiro atoms. The average Bonchev–Trinajstić information content (AvgIpc) is 3.05. The van der Waals surface area contributed by atoms with Crippen molar-refractivity contribution in [3.8, 4) is 22.6 Å². The Morgan fingerprint density at radius 3 is 1.72 bits per heavy atom. The highest BCUT2D eigenvalue weighted by atomic mass is 79.9. The second-order valence-electron chi connectivity index (χ2n) is 13.7. The van der Waals surface area contributed by atoms with Gasteiger partial charge in [-0.15, -0.1) is 0 Å². The molecule has 7 heteroatoms. The van der Waals surface area contributed by atoms with Gasteiger partial charge in [-0.05, 0) is 118 Å². The van der Waals surface area contributed by atoms with Crippen molar-refractivity contribution < 1.29 is 19.1 Å². The maximum absolute atomic E-state index is 12.1. The third-order valence-electron chi connectivity index (χ3n) is 10.0. The minimum atomic E-state index is 0.0287. The zero-order valence-corrected chi connectivity index (χ0v) is 28.9. The van der Waals surface area contributed by atoms with E-state index in [4.69, 9.17) is 9.47 Å². The SMILES string of the molecule is Cc1cc(-c2cc3c(c(OC4CCCCC4)c2)CC(=O)CC3)cn(C)c1=O.O=C1CCc2cc(Br)cc(OC3CCCCC3)c2C1. The number of carbonyl (C=O) groups excluding carboxylic acids is 2. The first-order valence-corrected chi connectivity index (χ1v) is 18.0. The van der Waals surface area contributed by atoms with Crippen molar-refractivity contribution in [2.75, 3.05) is 0 Å². The highest BCUT2D eigenvalue weighted by Crippen LogP contribution is 2.37. The number of fused-ring (bicyclic) bond motifs is 2. The van der Waals surface area contributed by atoms with Crippen molar-refractivity contribution in [1.82, 2.24) is 4.57 Å². The van der Waals surface area contributed by atoms with Gasteiger partial charge in [0.2, 0.25) is 0 Å². The Morgan fingerprint density at radius 1 is 0.652 bits per heavy atom. The van der Waals surface area contributed by atoms with Crippen LogP contribution in [0.3, 0.4) is 0 Å². The fraction of sp³-hybridized carbons (Fsp3) is 0.513. The van der Waals surface area contributed by atoms with Crippen LogP contribution in [-0.4, -0.2) is 28.3 Å². The molecular formula is C39H46BrNO5. The van der Waals surface area contributed by atoms with Crippen LogP contribution in [0, 0.1) is 6.92 Å². The lowest BCUT2D eigenvalue weighted by molar-refractivity contribution is -0.119. The first kappa shape index (κ1) is 32.7. The van der Waals surface area contributed by atoms with Crippen LogP contribution in [0.4, 0.5) is 0 Å². The summed E-state index contributed by atoms with van der Waals surface area (Å²) in [7, 11) is 1.79. The third-order valence-corrected chi connectivity index (χ3v) is 10.5. The van der Waals surface area contributed by atoms with E-state index in [9.17, 15) is 14.4 Å². The number of carbonyl (C=O) groups is 2. The van der Waals surface area contributed by atoms with E-state index in [1.807, 2.05) is 25.3 Å². The van der Waals surface area contributed by atoms with Gasteiger partial charge in [-0.3, -0.25) is 14.4 Å². The van der Waals surface area contributed by atoms with E-state index in [-0.39, 0.29) is 11.7 Å². The van der Waals surface area contributed by atoms with Gasteiger partial charge in [-0.1, -0.05) is 34.8 Å². The minimum Gasteiger partial charge on any atom is -0.490 e. The molecule has 244 valence electrons. The zero-order valence-electron chi connectivity index (χ0n) is 27.3. The average molecular weight is 689 g/mol. The summed E-state index contributed by atoms with van der Waals surface area (Å²) in [6.07, 6.45) is 18.4. The van der Waals surface area contributed by atoms with E-state index >= 15 is 0 Å². The number of hydrogen-bond acceptors (Lipinski definition) is 5. The van der Waals surface area contributed by atoms with E-state index < -0.39 is 0 Å². The summed E-state index contributed by atoms with van der Waals surface area (Å²) in [5, 5.41) is 0. The molecule has 0 radical (unpaired) electrons. The molecule has 0 bridgehead atoms. The summed E-state index contributed by atoms with van der Waals surface area (Å²) in [5.41, 5.74) is 7.53. The van der Waals surface area contributed by atoms with E-state index in [1.165, 1.54) is 49.7 Å². The van der Waals surface area contributed by atoms with Crippen molar-refractivity contribution in [2.45, 2.75) is 122 Å². The smallest absolute Gasteiger partial charge is 0.253 e. The topological polar surface area (TPSA) is 74.6 Å². The predicted octanol–water partition coefficient (Wildman–Crippen LogP) is 8.35. The van der Waals surface area contributed by atoms with Crippen molar-refractivity contribution in [1.29, 1.82) is 0 Å². The zero-order chi connectivity index (χ0) is 32.2. The van der Waals surface area contributed by atoms with Crippen LogP contribution in [0.15, 0.2) is 45.8 Å². The van der Waals surface area contributed by atoms with Crippen LogP contribution < -0.4 is 15.0 Å². The standard InChI is InChI=1S/C23H27NO3.C16H19BrO2/c1-15-10-18(14-24(2)23(15)26)17-11-16-8-9-19(25)13-21(16)22(12-17)27-20-6-4-3-5-7-20;17-12-8-11-6-7-13(18)10-15(11)16(9-12)19-14-4-2-1-3-5-14/h10-12,14,20H,3-9,13H2,1-2H3;8-9,14H,1-7,10H2. The first-order valence-electron chi connectivity index (χ1n) is 17.2. The quantitative estimate of drug-likeness (QED) is 0.270. The number of ether oxygens (including phenoxy) is 2. The lowest BCUT2D eigenvalue weighted by atomic mass is 9.87. The van der Waals surface area contributed by atoms with Crippen LogP contribution in [0.25, 0.3) is 11.1 Å². The number of hydrogen-bond donors (Lipinski definition) is 0. The van der Waals surface area contributed by atoms with Gasteiger partial charge in [0, 0.05) is 60.1 Å². The van der Waals surface area contributed by atoms with Gasteiger partial charge >= 0.3 is 0 Å². The fourth-order valence-electron chi connectivity index (χ4n) is 7.47. The molecule has 2 aromatic carbocycles. The molecule has 0 atom stereocenters. The van der Waals surface area contributed by atoms with Crippen molar-refractivity contribution in [3.05, 3.63) is 79.2 Å². The van der Waals surface area contributed by atoms with Gasteiger partial charge in [-0.2, -0.15) is 0 Å². The Morgan fingerprint density at radius 2 is 1.17 bits per heavy atom. The number of rotatable bonds is 5. The van der Waals surface area contributed by atoms with E-state index in [1.54, 1.807) is 11.6 Å². The molecule has 1 heterocycles. The van der Waals surface area contributed by atoms with Gasteiger partial charge < -0.3 is 14.0 Å². The van der Waals surface area contributed by atoms with Gasteiger partial charge in [0.1, 0.15) is 23.1 Å². The van der Waals surface area contributed by atoms with E-state index in [0.29, 0.717) is 43.4 Å². The number of benzene rings is 2. The molecule has 1 aromatic heterocycles. The highest BCUT2D eigenvalue weighted by Gasteiger charge is 2.25. The molecule has 0 aliphatic heterocycles. The predicted molar refractivity (Wildman–Crippen MR) is 185 cm³/mol. The summed E-state index contributed by atoms with van der Waals surface area (Å²) in [5.74, 6) is 2.43. The molecule has 0 saturated heterocycles. The molecule has 4 aliphatic rings. The van der Waals surface area contributed by atoms with Crippen molar-refractivity contribution >= 4 is 27.5 Å². The van der Waals surface area contributed by atoms with E-state index in [0.717, 1.165) is 82.3 Å². The Hall–Kier alpha value is -3.19.